The van der Waals surface area contributed by atoms with Crippen molar-refractivity contribution in [3.05, 3.63) is 54.1 Å². The topological polar surface area (TPSA) is 68.2 Å². The van der Waals surface area contributed by atoms with Crippen molar-refractivity contribution in [3.63, 3.8) is 0 Å². The molecular weight excluding hydrogens is 402 g/mol. The van der Waals surface area contributed by atoms with E-state index in [0.29, 0.717) is 19.8 Å². The van der Waals surface area contributed by atoms with Crippen molar-refractivity contribution in [1.82, 2.24) is 0 Å². The van der Waals surface area contributed by atoms with E-state index in [4.69, 9.17) is 19.3 Å². The van der Waals surface area contributed by atoms with Crippen molar-refractivity contribution in [2.75, 3.05) is 43.6 Å². The number of nitrogens with zero attached hydrogens (tertiary/aromatic N) is 1. The highest BCUT2D eigenvalue weighted by Gasteiger charge is 2.40. The lowest BCUT2D eigenvalue weighted by molar-refractivity contribution is -0.270. The van der Waals surface area contributed by atoms with Gasteiger partial charge in [-0.2, -0.15) is 0 Å². The number of hydrogen-bond donors (Lipinski definition) is 1. The highest BCUT2D eigenvalue weighted by Crippen LogP contribution is 2.34. The van der Waals surface area contributed by atoms with E-state index in [-0.39, 0.29) is 5.92 Å². The van der Waals surface area contributed by atoms with Crippen molar-refractivity contribution < 1.29 is 24.1 Å². The van der Waals surface area contributed by atoms with Crippen LogP contribution >= 0.6 is 11.8 Å². The van der Waals surface area contributed by atoms with Gasteiger partial charge in [-0.15, -0.1) is 11.8 Å². The van der Waals surface area contributed by atoms with Crippen LogP contribution in [0.4, 0.5) is 5.69 Å². The summed E-state index contributed by atoms with van der Waals surface area (Å²) in [5.74, 6) is -0.517. The molecule has 0 aliphatic carbocycles. The Bertz CT molecular complexity index is 864. The molecule has 0 radical (unpaired) electrons. The molecule has 1 N–H and O–H groups in total. The molecule has 2 aromatic carbocycles. The van der Waals surface area contributed by atoms with Crippen molar-refractivity contribution in [3.8, 4) is 5.75 Å². The van der Waals surface area contributed by atoms with Crippen molar-refractivity contribution in [2.24, 2.45) is 5.92 Å². The number of para-hydroxylation sites is 1. The monoisotopic (exact) mass is 429 g/mol. The van der Waals surface area contributed by atoms with Crippen LogP contribution in [0.1, 0.15) is 12.5 Å². The second-order valence-electron chi connectivity index (χ2n) is 7.74. The Morgan fingerprint density at radius 2 is 1.93 bits per heavy atom. The smallest absolute Gasteiger partial charge is 0.364 e. The lowest BCUT2D eigenvalue weighted by Crippen LogP contribution is -2.48. The quantitative estimate of drug-likeness (QED) is 0.720. The van der Waals surface area contributed by atoms with Crippen LogP contribution in [0.2, 0.25) is 0 Å². The van der Waals surface area contributed by atoms with Crippen LogP contribution < -0.4 is 9.64 Å². The minimum absolute atomic E-state index is 0.140. The van der Waals surface area contributed by atoms with E-state index >= 15 is 0 Å². The number of carboxylic acid groups (broad SMARTS) is 1. The summed E-state index contributed by atoms with van der Waals surface area (Å²) in [6.45, 7) is 4.72. The molecule has 160 valence electrons. The summed E-state index contributed by atoms with van der Waals surface area (Å²) < 4.78 is 16.8. The third-order valence-corrected chi connectivity index (χ3v) is 6.52. The fourth-order valence-electron chi connectivity index (χ4n) is 3.67. The molecule has 0 aromatic heterocycles. The van der Waals surface area contributed by atoms with E-state index in [1.54, 1.807) is 0 Å². The number of benzene rings is 2. The molecule has 2 heterocycles. The Kier molecular flexibility index (Phi) is 6.51. The van der Waals surface area contributed by atoms with Gasteiger partial charge in [0.25, 0.3) is 5.79 Å². The van der Waals surface area contributed by atoms with Crippen LogP contribution in [0.3, 0.4) is 0 Å². The van der Waals surface area contributed by atoms with Gasteiger partial charge in [0, 0.05) is 30.0 Å². The molecule has 7 heteroatoms. The number of thioether (sulfide) groups is 1. The number of carbonyl (C=O) groups is 1. The lowest BCUT2D eigenvalue weighted by Gasteiger charge is -2.34. The fourth-order valence-corrected chi connectivity index (χ4v) is 4.72. The summed E-state index contributed by atoms with van der Waals surface area (Å²) in [4.78, 5) is 14.9. The molecule has 30 heavy (non-hydrogen) atoms. The largest absolute Gasteiger partial charge is 0.492 e. The van der Waals surface area contributed by atoms with Gasteiger partial charge >= 0.3 is 5.97 Å². The number of hydrogen-bond acceptors (Lipinski definition) is 6. The average molecular weight is 430 g/mol. The normalized spacial score (nSPS) is 23.6. The summed E-state index contributed by atoms with van der Waals surface area (Å²) >= 11 is 1.91. The number of ether oxygens (including phenoxy) is 3. The van der Waals surface area contributed by atoms with Gasteiger partial charge < -0.3 is 24.2 Å². The minimum Gasteiger partial charge on any atom is -0.492 e. The Balaban J connectivity index is 1.24. The maximum Gasteiger partial charge on any atom is 0.364 e. The first-order chi connectivity index (χ1) is 14.5. The number of anilines is 1. The summed E-state index contributed by atoms with van der Waals surface area (Å²) in [6, 6.07) is 16.6. The van der Waals surface area contributed by atoms with Gasteiger partial charge in [0.1, 0.15) is 12.4 Å². The van der Waals surface area contributed by atoms with E-state index in [2.05, 4.69) is 29.2 Å². The van der Waals surface area contributed by atoms with Gasteiger partial charge in [0.05, 0.1) is 25.4 Å². The number of rotatable bonds is 7. The zero-order valence-electron chi connectivity index (χ0n) is 17.1. The standard InChI is InChI=1S/C23H27NO5S/c1-23(22(25)26)28-15-18(16-29-23)14-17-6-8-19(9-7-17)27-12-10-24-11-13-30-21-5-3-2-4-20(21)24/h2-9,18H,10-16H2,1H3,(H,25,26)/t18-,23-. The molecule has 0 spiro atoms. The fraction of sp³-hybridized carbons (Fsp3) is 0.435. The van der Waals surface area contributed by atoms with E-state index in [0.717, 1.165) is 36.6 Å². The van der Waals surface area contributed by atoms with Crippen molar-refractivity contribution in [1.29, 1.82) is 0 Å². The third-order valence-electron chi connectivity index (χ3n) is 5.48. The van der Waals surface area contributed by atoms with Crippen molar-refractivity contribution >= 4 is 23.4 Å². The van der Waals surface area contributed by atoms with Crippen LogP contribution in [0.5, 0.6) is 5.75 Å². The Hall–Kier alpha value is -2.22. The predicted octanol–water partition coefficient (Wildman–Crippen LogP) is 3.68. The molecule has 0 atom stereocenters. The van der Waals surface area contributed by atoms with Gasteiger partial charge in [-0.05, 0) is 36.2 Å². The molecule has 2 aliphatic rings. The second-order valence-corrected chi connectivity index (χ2v) is 8.88. The first-order valence-corrected chi connectivity index (χ1v) is 11.2. The summed E-state index contributed by atoms with van der Waals surface area (Å²) in [6.07, 6.45) is 0.776. The van der Waals surface area contributed by atoms with Crippen LogP contribution in [0, 0.1) is 5.92 Å². The van der Waals surface area contributed by atoms with E-state index < -0.39 is 11.8 Å². The highest BCUT2D eigenvalue weighted by molar-refractivity contribution is 7.99. The second kappa shape index (κ2) is 9.29. The maximum absolute atomic E-state index is 11.2. The van der Waals surface area contributed by atoms with Crippen molar-refractivity contribution in [2.45, 2.75) is 24.0 Å². The SMILES string of the molecule is C[C@]1(C(=O)O)OC[C@H](Cc2ccc(OCCN3CCSc4ccccc43)cc2)CO1. The number of fused-ring (bicyclic) bond motifs is 1. The number of carboxylic acids is 1. The summed E-state index contributed by atoms with van der Waals surface area (Å²) in [7, 11) is 0. The van der Waals surface area contributed by atoms with Gasteiger partial charge in [-0.25, -0.2) is 4.79 Å². The molecule has 0 amide bonds. The molecule has 4 rings (SSSR count). The zero-order chi connectivity index (χ0) is 21.0. The Morgan fingerprint density at radius 1 is 1.20 bits per heavy atom. The summed E-state index contributed by atoms with van der Waals surface area (Å²) in [5.41, 5.74) is 2.45. The molecule has 0 unspecified atom stereocenters. The molecule has 2 aliphatic heterocycles. The molecule has 0 bridgehead atoms. The Labute approximate surface area is 181 Å². The molecule has 2 aromatic rings. The maximum atomic E-state index is 11.2. The first kappa shape index (κ1) is 21.0. The third kappa shape index (κ3) is 4.91. The van der Waals surface area contributed by atoms with Gasteiger partial charge in [0.2, 0.25) is 0 Å². The molecule has 6 nitrogen and oxygen atoms in total. The van der Waals surface area contributed by atoms with Crippen LogP contribution in [-0.2, 0) is 20.7 Å². The first-order valence-electron chi connectivity index (χ1n) is 10.2. The molecular formula is C23H27NO5S. The lowest BCUT2D eigenvalue weighted by atomic mass is 9.99. The van der Waals surface area contributed by atoms with Crippen LogP contribution in [-0.4, -0.2) is 55.5 Å². The predicted molar refractivity (Wildman–Crippen MR) is 116 cm³/mol. The minimum atomic E-state index is -1.53. The zero-order valence-corrected chi connectivity index (χ0v) is 17.9. The molecule has 1 fully saturated rings. The van der Waals surface area contributed by atoms with Gasteiger partial charge in [-0.1, -0.05) is 24.3 Å². The van der Waals surface area contributed by atoms with Crippen LogP contribution in [0.15, 0.2) is 53.4 Å². The average Bonchev–Trinajstić information content (AvgIpc) is 2.77. The van der Waals surface area contributed by atoms with E-state index in [1.807, 2.05) is 36.0 Å². The van der Waals surface area contributed by atoms with Gasteiger partial charge in [-0.3, -0.25) is 0 Å². The Morgan fingerprint density at radius 3 is 2.67 bits per heavy atom. The highest BCUT2D eigenvalue weighted by atomic mass is 32.2. The van der Waals surface area contributed by atoms with E-state index in [1.165, 1.54) is 17.5 Å². The molecule has 1 saturated heterocycles. The number of aliphatic carboxylic acids is 1. The van der Waals surface area contributed by atoms with Crippen LogP contribution in [0.25, 0.3) is 0 Å². The summed E-state index contributed by atoms with van der Waals surface area (Å²) in [5, 5.41) is 9.14. The van der Waals surface area contributed by atoms with Gasteiger partial charge in [0.15, 0.2) is 0 Å². The van der Waals surface area contributed by atoms with E-state index in [9.17, 15) is 4.79 Å². The molecule has 0 saturated carbocycles.